The topological polar surface area (TPSA) is 98.0 Å². The molecule has 0 amide bonds. The number of carbonyl (C=O) groups is 1. The van der Waals surface area contributed by atoms with Crippen molar-refractivity contribution in [3.63, 3.8) is 0 Å². The molecule has 0 saturated carbocycles. The molecule has 4 N–H and O–H groups in total. The minimum Gasteiger partial charge on any atom is -0.508 e. The molecule has 0 aliphatic carbocycles. The summed E-state index contributed by atoms with van der Waals surface area (Å²) in [6, 6.07) is 11.5. The Morgan fingerprint density at radius 2 is 1.32 bits per heavy atom. The van der Waals surface area contributed by atoms with Crippen LogP contribution in [0.15, 0.2) is 48.5 Å². The third-order valence-electron chi connectivity index (χ3n) is 3.87. The second-order valence-electron chi connectivity index (χ2n) is 5.13. The second-order valence-corrected chi connectivity index (χ2v) is 5.13. The fourth-order valence-corrected chi connectivity index (χ4v) is 2.70. The van der Waals surface area contributed by atoms with E-state index in [1.807, 2.05) is 0 Å². The molecule has 0 saturated heterocycles. The minimum absolute atomic E-state index is 0.0136. The first-order chi connectivity index (χ1) is 10.4. The van der Waals surface area contributed by atoms with Crippen LogP contribution in [0.25, 0.3) is 0 Å². The van der Waals surface area contributed by atoms with Crippen LogP contribution >= 0.6 is 0 Å². The van der Waals surface area contributed by atoms with Crippen molar-refractivity contribution in [2.24, 2.45) is 0 Å². The normalized spacial score (nSPS) is 12.8. The Kier molecular flexibility index (Phi) is 4.37. The highest BCUT2D eigenvalue weighted by Gasteiger charge is 2.48. The van der Waals surface area contributed by atoms with E-state index in [2.05, 4.69) is 0 Å². The summed E-state index contributed by atoms with van der Waals surface area (Å²) in [5.41, 5.74) is -0.952. The van der Waals surface area contributed by atoms with Gasteiger partial charge in [0.1, 0.15) is 16.9 Å². The SMILES string of the molecule is CCC(O)C(C(=O)O)(c1ccc(O)cc1)c1ccc(O)cc1. The highest BCUT2D eigenvalue weighted by molar-refractivity contribution is 5.87. The predicted molar refractivity (Wildman–Crippen MR) is 80.9 cm³/mol. The van der Waals surface area contributed by atoms with Gasteiger partial charge in [0.25, 0.3) is 0 Å². The third-order valence-corrected chi connectivity index (χ3v) is 3.87. The molecule has 5 nitrogen and oxygen atoms in total. The lowest BCUT2D eigenvalue weighted by Crippen LogP contribution is -2.47. The van der Waals surface area contributed by atoms with Gasteiger partial charge in [0.05, 0.1) is 6.10 Å². The predicted octanol–water partition coefficient (Wildman–Crippen LogP) is 2.24. The number of phenolic OH excluding ortho intramolecular Hbond substituents is 2. The molecule has 2 aromatic carbocycles. The average Bonchev–Trinajstić information content (AvgIpc) is 2.50. The molecule has 0 aliphatic rings. The highest BCUT2D eigenvalue weighted by Crippen LogP contribution is 2.38. The Hall–Kier alpha value is -2.53. The van der Waals surface area contributed by atoms with E-state index in [1.165, 1.54) is 48.5 Å². The number of hydrogen-bond acceptors (Lipinski definition) is 4. The van der Waals surface area contributed by atoms with E-state index >= 15 is 0 Å². The van der Waals surface area contributed by atoms with Gasteiger partial charge in [0.15, 0.2) is 0 Å². The molecule has 0 spiro atoms. The summed E-state index contributed by atoms with van der Waals surface area (Å²) in [5.74, 6) is -1.17. The van der Waals surface area contributed by atoms with Crippen molar-refractivity contribution in [3.8, 4) is 11.5 Å². The number of benzene rings is 2. The number of aromatic hydroxyl groups is 2. The Morgan fingerprint density at radius 1 is 0.955 bits per heavy atom. The Labute approximate surface area is 128 Å². The van der Waals surface area contributed by atoms with Crippen molar-refractivity contribution in [3.05, 3.63) is 59.7 Å². The monoisotopic (exact) mass is 302 g/mol. The van der Waals surface area contributed by atoms with Gasteiger partial charge in [-0.25, -0.2) is 0 Å². The fourth-order valence-electron chi connectivity index (χ4n) is 2.70. The first kappa shape index (κ1) is 15.9. The van der Waals surface area contributed by atoms with Crippen molar-refractivity contribution >= 4 is 5.97 Å². The smallest absolute Gasteiger partial charge is 0.321 e. The maximum Gasteiger partial charge on any atom is 0.321 e. The first-order valence-electron chi connectivity index (χ1n) is 6.93. The molecule has 22 heavy (non-hydrogen) atoms. The van der Waals surface area contributed by atoms with Crippen molar-refractivity contribution in [1.82, 2.24) is 0 Å². The molecular formula is C17H18O5. The van der Waals surface area contributed by atoms with Gasteiger partial charge in [0.2, 0.25) is 0 Å². The molecular weight excluding hydrogens is 284 g/mol. The van der Waals surface area contributed by atoms with E-state index in [9.17, 15) is 25.2 Å². The van der Waals surface area contributed by atoms with Crippen LogP contribution in [0.5, 0.6) is 11.5 Å². The lowest BCUT2D eigenvalue weighted by atomic mass is 9.69. The highest BCUT2D eigenvalue weighted by atomic mass is 16.4. The third kappa shape index (κ3) is 2.51. The van der Waals surface area contributed by atoms with Crippen LogP contribution in [0.3, 0.4) is 0 Å². The molecule has 116 valence electrons. The van der Waals surface area contributed by atoms with E-state index in [4.69, 9.17) is 0 Å². The van der Waals surface area contributed by atoms with Gasteiger partial charge in [-0.2, -0.15) is 0 Å². The number of carboxylic acids is 1. The van der Waals surface area contributed by atoms with Gasteiger partial charge >= 0.3 is 5.97 Å². The number of hydrogen-bond donors (Lipinski definition) is 4. The quantitative estimate of drug-likeness (QED) is 0.679. The molecule has 0 radical (unpaired) electrons. The summed E-state index contributed by atoms with van der Waals surface area (Å²) >= 11 is 0. The lowest BCUT2D eigenvalue weighted by Gasteiger charge is -2.35. The number of aliphatic hydroxyl groups excluding tert-OH is 1. The molecule has 0 aliphatic heterocycles. The largest absolute Gasteiger partial charge is 0.508 e. The van der Waals surface area contributed by atoms with Crippen LogP contribution in [0.4, 0.5) is 0 Å². The maximum absolute atomic E-state index is 12.1. The first-order valence-corrected chi connectivity index (χ1v) is 6.93. The van der Waals surface area contributed by atoms with Crippen LogP contribution in [0.1, 0.15) is 24.5 Å². The number of rotatable bonds is 5. The summed E-state index contributed by atoms with van der Waals surface area (Å²) in [6.07, 6.45) is -0.937. The van der Waals surface area contributed by atoms with E-state index in [0.717, 1.165) is 0 Å². The zero-order valence-corrected chi connectivity index (χ0v) is 12.1. The standard InChI is InChI=1S/C17H18O5/c1-2-15(20)17(16(21)22,11-3-7-13(18)8-4-11)12-5-9-14(19)10-6-12/h3-10,15,18-20H,2H2,1H3,(H,21,22). The molecule has 0 fully saturated rings. The van der Waals surface area contributed by atoms with Crippen molar-refractivity contribution in [2.45, 2.75) is 24.9 Å². The minimum atomic E-state index is -1.67. The molecule has 0 aromatic heterocycles. The summed E-state index contributed by atoms with van der Waals surface area (Å²) in [6.45, 7) is 1.70. The van der Waals surface area contributed by atoms with Gasteiger partial charge < -0.3 is 20.4 Å². The van der Waals surface area contributed by atoms with E-state index in [-0.39, 0.29) is 17.9 Å². The summed E-state index contributed by atoms with van der Waals surface area (Å²) in [4.78, 5) is 12.1. The van der Waals surface area contributed by atoms with Gasteiger partial charge in [-0.05, 0) is 41.8 Å². The van der Waals surface area contributed by atoms with E-state index < -0.39 is 17.5 Å². The van der Waals surface area contributed by atoms with Crippen LogP contribution in [-0.2, 0) is 10.2 Å². The molecule has 1 atom stereocenters. The van der Waals surface area contributed by atoms with Crippen molar-refractivity contribution in [1.29, 1.82) is 0 Å². The molecule has 2 aromatic rings. The fraction of sp³-hybridized carbons (Fsp3) is 0.235. The number of phenols is 2. The number of carboxylic acid groups (broad SMARTS) is 1. The molecule has 0 heterocycles. The van der Waals surface area contributed by atoms with Crippen LogP contribution in [0, 0.1) is 0 Å². The Balaban J connectivity index is 2.74. The number of aliphatic hydroxyl groups is 1. The zero-order valence-electron chi connectivity index (χ0n) is 12.1. The van der Waals surface area contributed by atoms with Crippen molar-refractivity contribution < 1.29 is 25.2 Å². The Bertz CT molecular complexity index is 600. The van der Waals surface area contributed by atoms with Gasteiger partial charge in [-0.1, -0.05) is 31.2 Å². The van der Waals surface area contributed by atoms with Gasteiger partial charge in [-0.3, -0.25) is 4.79 Å². The van der Waals surface area contributed by atoms with Crippen LogP contribution in [-0.4, -0.2) is 32.5 Å². The van der Waals surface area contributed by atoms with E-state index in [0.29, 0.717) is 11.1 Å². The zero-order chi connectivity index (χ0) is 16.3. The Morgan fingerprint density at radius 3 is 1.59 bits per heavy atom. The van der Waals surface area contributed by atoms with Gasteiger partial charge in [-0.15, -0.1) is 0 Å². The van der Waals surface area contributed by atoms with Crippen LogP contribution in [0.2, 0.25) is 0 Å². The summed E-state index contributed by atoms with van der Waals surface area (Å²) in [7, 11) is 0. The molecule has 5 heteroatoms. The second kappa shape index (κ2) is 6.07. The molecule has 2 rings (SSSR count). The molecule has 1 unspecified atom stereocenters. The summed E-state index contributed by atoms with van der Waals surface area (Å²) < 4.78 is 0. The van der Waals surface area contributed by atoms with E-state index in [1.54, 1.807) is 6.92 Å². The lowest BCUT2D eigenvalue weighted by molar-refractivity contribution is -0.146. The number of aliphatic carboxylic acids is 1. The average molecular weight is 302 g/mol. The maximum atomic E-state index is 12.1. The van der Waals surface area contributed by atoms with Crippen molar-refractivity contribution in [2.75, 3.05) is 0 Å². The molecule has 0 bridgehead atoms. The summed E-state index contributed by atoms with van der Waals surface area (Å²) in [5, 5.41) is 39.2. The van der Waals surface area contributed by atoms with Crippen LogP contribution < -0.4 is 0 Å². The van der Waals surface area contributed by atoms with Gasteiger partial charge in [0, 0.05) is 0 Å².